The summed E-state index contributed by atoms with van der Waals surface area (Å²) in [6.07, 6.45) is 3.21. The summed E-state index contributed by atoms with van der Waals surface area (Å²) in [7, 11) is 0. The second-order valence-corrected chi connectivity index (χ2v) is 16.1. The molecule has 0 atom stereocenters. The normalized spacial score (nSPS) is 16.4. The van der Waals surface area contributed by atoms with Gasteiger partial charge >= 0.3 is 205 Å². The van der Waals surface area contributed by atoms with Crippen molar-refractivity contribution < 1.29 is 53.1 Å². The van der Waals surface area contributed by atoms with Gasteiger partial charge in [0.25, 0.3) is 0 Å². The van der Waals surface area contributed by atoms with E-state index in [1.807, 2.05) is 24.3 Å². The first-order valence-corrected chi connectivity index (χ1v) is 15.8. The Hall–Kier alpha value is -2.54. The number of halogens is 6. The SMILES string of the molecule is FC(F)(F)Cc1ccccc1[O][Zr]([O]c1ccccc1CC(F)(F)F)([CH]1C=CC=C1)[CH]1C=CC=C1. The van der Waals surface area contributed by atoms with E-state index in [-0.39, 0.29) is 29.9 Å². The summed E-state index contributed by atoms with van der Waals surface area (Å²) in [5.74, 6) is 0.0765. The van der Waals surface area contributed by atoms with E-state index in [0.29, 0.717) is 0 Å². The number of hydrogen-bond donors (Lipinski definition) is 0. The first-order chi connectivity index (χ1) is 16.6. The zero-order chi connectivity index (χ0) is 25.1. The minimum absolute atomic E-state index is 0.0383. The Morgan fingerprint density at radius 1 is 0.571 bits per heavy atom. The Labute approximate surface area is 204 Å². The van der Waals surface area contributed by atoms with Crippen LogP contribution in [-0.4, -0.2) is 12.4 Å². The molecule has 184 valence electrons. The quantitative estimate of drug-likeness (QED) is 0.298. The molecule has 0 unspecified atom stereocenters. The van der Waals surface area contributed by atoms with Crippen molar-refractivity contribution in [3.63, 3.8) is 0 Å². The van der Waals surface area contributed by atoms with Crippen molar-refractivity contribution in [2.45, 2.75) is 32.4 Å². The molecule has 35 heavy (non-hydrogen) atoms. The summed E-state index contributed by atoms with van der Waals surface area (Å²) < 4.78 is 92.1. The van der Waals surface area contributed by atoms with E-state index in [1.54, 1.807) is 36.4 Å². The Morgan fingerprint density at radius 2 is 0.914 bits per heavy atom. The zero-order valence-corrected chi connectivity index (χ0v) is 20.8. The topological polar surface area (TPSA) is 18.5 Å². The maximum atomic E-state index is 13.3. The van der Waals surface area contributed by atoms with Crippen LogP contribution in [0.4, 0.5) is 26.3 Å². The van der Waals surface area contributed by atoms with Gasteiger partial charge in [-0.25, -0.2) is 0 Å². The maximum absolute atomic E-state index is 13.3. The average Bonchev–Trinajstić information content (AvgIpc) is 3.49. The van der Waals surface area contributed by atoms with Crippen LogP contribution >= 0.6 is 0 Å². The van der Waals surface area contributed by atoms with Crippen LogP contribution in [0.3, 0.4) is 0 Å². The number of alkyl halides is 6. The summed E-state index contributed by atoms with van der Waals surface area (Å²) in [5, 5.41) is 0. The van der Waals surface area contributed by atoms with Crippen LogP contribution in [0, 0.1) is 0 Å². The Kier molecular flexibility index (Phi) is 7.46. The van der Waals surface area contributed by atoms with E-state index < -0.39 is 46.3 Å². The van der Waals surface area contributed by atoms with E-state index in [9.17, 15) is 26.3 Å². The summed E-state index contributed by atoms with van der Waals surface area (Å²) >= 11 is -4.74. The molecule has 0 amide bonds. The summed E-state index contributed by atoms with van der Waals surface area (Å²) in [6, 6.07) is 11.7. The third-order valence-corrected chi connectivity index (χ3v) is 14.8. The van der Waals surface area contributed by atoms with Gasteiger partial charge in [0.1, 0.15) is 0 Å². The molecule has 2 aromatic carbocycles. The molecule has 0 aliphatic heterocycles. The third-order valence-electron chi connectivity index (χ3n) is 5.69. The zero-order valence-electron chi connectivity index (χ0n) is 18.4. The van der Waals surface area contributed by atoms with E-state index in [1.165, 1.54) is 36.4 Å². The van der Waals surface area contributed by atoms with E-state index in [0.717, 1.165) is 0 Å². The first kappa shape index (κ1) is 25.6. The molecule has 2 aliphatic carbocycles. The van der Waals surface area contributed by atoms with Crippen LogP contribution in [0.25, 0.3) is 0 Å². The van der Waals surface area contributed by atoms with Crippen LogP contribution in [0.15, 0.2) is 97.1 Å². The Balaban J connectivity index is 1.82. The second kappa shape index (κ2) is 10.2. The number of rotatable bonds is 8. The molecular formula is C26H22F6O2Zr. The van der Waals surface area contributed by atoms with Crippen molar-refractivity contribution >= 4 is 0 Å². The number of para-hydroxylation sites is 2. The number of benzene rings is 2. The molecule has 2 nitrogen and oxygen atoms in total. The van der Waals surface area contributed by atoms with Gasteiger partial charge in [0, 0.05) is 0 Å². The van der Waals surface area contributed by atoms with Gasteiger partial charge in [-0.05, 0) is 0 Å². The standard InChI is InChI=1S/2C8H7F3O.2C5H5.Zr/c2*9-8(10,11)5-6-3-1-2-4-7(6)12;2*1-2-4-5-3-1;/h2*1-4,12H,5H2;2*1-5H;/q;;;;+2/p-2. The molecule has 0 aromatic heterocycles. The fraction of sp³-hybridized carbons (Fsp3) is 0.231. The van der Waals surface area contributed by atoms with E-state index >= 15 is 0 Å². The van der Waals surface area contributed by atoms with Crippen LogP contribution in [0.2, 0.25) is 7.25 Å². The molecule has 0 heterocycles. The molecule has 2 aliphatic rings. The molecule has 2 aromatic rings. The van der Waals surface area contributed by atoms with E-state index in [4.69, 9.17) is 5.63 Å². The molecule has 0 N–H and O–H groups in total. The van der Waals surface area contributed by atoms with Gasteiger partial charge in [0.2, 0.25) is 0 Å². The van der Waals surface area contributed by atoms with Crippen LogP contribution in [-0.2, 0) is 34.0 Å². The fourth-order valence-electron chi connectivity index (χ4n) is 4.19. The molecule has 4 rings (SSSR count). The molecular weight excluding hydrogens is 549 g/mol. The molecule has 0 saturated carbocycles. The number of allylic oxidation sites excluding steroid dienone is 8. The van der Waals surface area contributed by atoms with Gasteiger partial charge in [0.15, 0.2) is 0 Å². The van der Waals surface area contributed by atoms with Crippen molar-refractivity contribution in [2.24, 2.45) is 0 Å². The van der Waals surface area contributed by atoms with Gasteiger partial charge < -0.3 is 0 Å². The predicted octanol–water partition coefficient (Wildman–Crippen LogP) is 8.17. The van der Waals surface area contributed by atoms with Crippen LogP contribution in [0.5, 0.6) is 11.5 Å². The monoisotopic (exact) mass is 570 g/mol. The molecule has 0 radical (unpaired) electrons. The van der Waals surface area contributed by atoms with Crippen molar-refractivity contribution in [1.82, 2.24) is 0 Å². The van der Waals surface area contributed by atoms with Gasteiger partial charge in [-0.15, -0.1) is 0 Å². The number of hydrogen-bond acceptors (Lipinski definition) is 2. The first-order valence-electron chi connectivity index (χ1n) is 10.9. The molecule has 9 heteroatoms. The van der Waals surface area contributed by atoms with Gasteiger partial charge in [-0.2, -0.15) is 0 Å². The average molecular weight is 572 g/mol. The molecule has 0 bridgehead atoms. The summed E-state index contributed by atoms with van der Waals surface area (Å²) in [5.41, 5.74) is -0.102. The van der Waals surface area contributed by atoms with Crippen LogP contribution < -0.4 is 5.63 Å². The Bertz CT molecular complexity index is 1050. The van der Waals surface area contributed by atoms with Crippen LogP contribution in [0.1, 0.15) is 11.1 Å². The predicted molar refractivity (Wildman–Crippen MR) is 118 cm³/mol. The Morgan fingerprint density at radius 3 is 1.26 bits per heavy atom. The van der Waals surface area contributed by atoms with Crippen molar-refractivity contribution in [3.8, 4) is 11.5 Å². The van der Waals surface area contributed by atoms with Gasteiger partial charge in [-0.3, -0.25) is 0 Å². The van der Waals surface area contributed by atoms with Crippen molar-refractivity contribution in [3.05, 3.63) is 108 Å². The summed E-state index contributed by atoms with van der Waals surface area (Å²) in [6.45, 7) is 0. The molecule has 0 fully saturated rings. The third kappa shape index (κ3) is 6.37. The van der Waals surface area contributed by atoms with E-state index in [2.05, 4.69) is 0 Å². The van der Waals surface area contributed by atoms with Gasteiger partial charge in [0.05, 0.1) is 0 Å². The van der Waals surface area contributed by atoms with Crippen molar-refractivity contribution in [1.29, 1.82) is 0 Å². The second-order valence-electron chi connectivity index (χ2n) is 8.32. The fourth-order valence-corrected chi connectivity index (χ4v) is 13.1. The molecule has 0 spiro atoms. The van der Waals surface area contributed by atoms with Gasteiger partial charge in [-0.1, -0.05) is 0 Å². The minimum atomic E-state index is -4.74. The van der Waals surface area contributed by atoms with Crippen molar-refractivity contribution in [2.75, 3.05) is 0 Å². The molecule has 0 saturated heterocycles. The summed E-state index contributed by atoms with van der Waals surface area (Å²) in [4.78, 5) is 0.